The molecule has 0 unspecified atom stereocenters. The molecular formula is C27H19ClF6N4O3. The average molecular weight is 597 g/mol. The second-order valence-corrected chi connectivity index (χ2v) is 9.78. The van der Waals surface area contributed by atoms with Crippen molar-refractivity contribution in [1.29, 1.82) is 0 Å². The van der Waals surface area contributed by atoms with Crippen LogP contribution in [-0.2, 0) is 11.3 Å². The van der Waals surface area contributed by atoms with Crippen molar-refractivity contribution in [2.24, 2.45) is 5.41 Å². The van der Waals surface area contributed by atoms with Gasteiger partial charge in [0.25, 0.3) is 5.91 Å². The second kappa shape index (κ2) is 10.3. The van der Waals surface area contributed by atoms with E-state index in [4.69, 9.17) is 11.6 Å². The van der Waals surface area contributed by atoms with E-state index in [2.05, 4.69) is 20.5 Å². The average Bonchev–Trinajstić information content (AvgIpc) is 3.61. The lowest BCUT2D eigenvalue weighted by Crippen LogP contribution is -2.40. The van der Waals surface area contributed by atoms with Crippen molar-refractivity contribution in [3.8, 4) is 11.4 Å². The maximum atomic E-state index is 13.2. The summed E-state index contributed by atoms with van der Waals surface area (Å²) < 4.78 is 82.9. The molecule has 2 amide bonds. The highest BCUT2D eigenvalue weighted by molar-refractivity contribution is 6.34. The largest absolute Gasteiger partial charge is 0.573 e. The molecule has 1 aromatic heterocycles. The summed E-state index contributed by atoms with van der Waals surface area (Å²) in [6.07, 6.45) is -8.63. The fourth-order valence-corrected chi connectivity index (χ4v) is 4.54. The number of aromatic nitrogens is 2. The highest BCUT2D eigenvalue weighted by atomic mass is 35.5. The van der Waals surface area contributed by atoms with Crippen molar-refractivity contribution in [1.82, 2.24) is 15.1 Å². The molecule has 214 valence electrons. The zero-order valence-corrected chi connectivity index (χ0v) is 21.5. The van der Waals surface area contributed by atoms with E-state index in [1.165, 1.54) is 41.2 Å². The minimum Gasteiger partial charge on any atom is -0.406 e. The summed E-state index contributed by atoms with van der Waals surface area (Å²) >= 11 is 6.22. The summed E-state index contributed by atoms with van der Waals surface area (Å²) in [4.78, 5) is 25.3. The van der Waals surface area contributed by atoms with Crippen LogP contribution >= 0.6 is 11.6 Å². The normalized spacial score (nSPS) is 14.5. The first-order valence-corrected chi connectivity index (χ1v) is 12.4. The summed E-state index contributed by atoms with van der Waals surface area (Å²) in [6.45, 7) is -0.242. The standard InChI is InChI=1S/C27H19ClF6N4O3/c28-20-8-7-15(13-35-24(40)25(9-10-25)26(29,30)31)11-18(20)23(39)37-21-5-2-6-22-19(21)14-36-38(22)16-3-1-4-17(12-16)41-27(32,33)34/h1-8,11-12,14H,9-10,13H2,(H,35,40)(H,37,39). The Hall–Kier alpha value is -4.26. The van der Waals surface area contributed by atoms with Gasteiger partial charge in [0.15, 0.2) is 0 Å². The number of hydrogen-bond donors (Lipinski definition) is 2. The third-order valence-electron chi connectivity index (χ3n) is 6.61. The lowest BCUT2D eigenvalue weighted by molar-refractivity contribution is -0.274. The van der Waals surface area contributed by atoms with Crippen molar-refractivity contribution in [3.05, 3.63) is 83.0 Å². The predicted molar refractivity (Wildman–Crippen MR) is 137 cm³/mol. The number of fused-ring (bicyclic) bond motifs is 1. The summed E-state index contributed by atoms with van der Waals surface area (Å²) in [7, 11) is 0. The van der Waals surface area contributed by atoms with E-state index in [1.807, 2.05) is 0 Å². The van der Waals surface area contributed by atoms with Crippen molar-refractivity contribution in [2.45, 2.75) is 31.9 Å². The number of benzene rings is 3. The van der Waals surface area contributed by atoms with E-state index < -0.39 is 35.5 Å². The van der Waals surface area contributed by atoms with Gasteiger partial charge >= 0.3 is 12.5 Å². The van der Waals surface area contributed by atoms with Gasteiger partial charge in [0.2, 0.25) is 5.91 Å². The van der Waals surface area contributed by atoms with Crippen LogP contribution in [0, 0.1) is 5.41 Å². The number of nitrogens with one attached hydrogen (secondary N) is 2. The Morgan fingerprint density at radius 2 is 1.73 bits per heavy atom. The highest BCUT2D eigenvalue weighted by Gasteiger charge is 2.68. The van der Waals surface area contributed by atoms with Crippen LogP contribution in [-0.4, -0.2) is 34.1 Å². The van der Waals surface area contributed by atoms with E-state index in [1.54, 1.807) is 18.2 Å². The summed E-state index contributed by atoms with van der Waals surface area (Å²) in [5.74, 6) is -2.19. The molecule has 0 radical (unpaired) electrons. The number of carbonyl (C=O) groups is 2. The Labute approximate surface area is 233 Å². The van der Waals surface area contributed by atoms with Gasteiger partial charge in [-0.25, -0.2) is 4.68 Å². The third-order valence-corrected chi connectivity index (χ3v) is 6.94. The number of alkyl halides is 6. The van der Waals surface area contributed by atoms with Crippen molar-refractivity contribution in [3.63, 3.8) is 0 Å². The van der Waals surface area contributed by atoms with Crippen LogP contribution in [0.5, 0.6) is 5.75 Å². The zero-order valence-electron chi connectivity index (χ0n) is 20.7. The van der Waals surface area contributed by atoms with E-state index >= 15 is 0 Å². The Bertz CT molecular complexity index is 1650. The Kier molecular flexibility index (Phi) is 7.10. The molecule has 0 atom stereocenters. The number of ether oxygens (including phenoxy) is 1. The van der Waals surface area contributed by atoms with Crippen LogP contribution < -0.4 is 15.4 Å². The van der Waals surface area contributed by atoms with Crippen molar-refractivity contribution in [2.75, 3.05) is 5.32 Å². The molecule has 14 heteroatoms. The van der Waals surface area contributed by atoms with Crippen LogP contribution in [0.2, 0.25) is 5.02 Å². The van der Waals surface area contributed by atoms with Gasteiger partial charge in [-0.2, -0.15) is 18.3 Å². The van der Waals surface area contributed by atoms with Gasteiger partial charge in [-0.05, 0) is 54.8 Å². The quantitative estimate of drug-likeness (QED) is 0.230. The molecule has 1 heterocycles. The smallest absolute Gasteiger partial charge is 0.406 e. The first kappa shape index (κ1) is 28.3. The summed E-state index contributed by atoms with van der Waals surface area (Å²) in [5, 5.41) is 9.76. The summed E-state index contributed by atoms with van der Waals surface area (Å²) in [5.41, 5.74) is -0.934. The molecule has 3 aromatic carbocycles. The zero-order chi connectivity index (χ0) is 29.6. The predicted octanol–water partition coefficient (Wildman–Crippen LogP) is 6.79. The lowest BCUT2D eigenvalue weighted by atomic mass is 10.1. The Balaban J connectivity index is 1.34. The monoisotopic (exact) mass is 596 g/mol. The molecule has 2 N–H and O–H groups in total. The van der Waals surface area contributed by atoms with Crippen LogP contribution in [0.1, 0.15) is 28.8 Å². The van der Waals surface area contributed by atoms with Crippen LogP contribution in [0.4, 0.5) is 32.0 Å². The minimum atomic E-state index is -4.87. The highest BCUT2D eigenvalue weighted by Crippen LogP contribution is 2.57. The van der Waals surface area contributed by atoms with E-state index in [0.717, 1.165) is 12.1 Å². The molecule has 41 heavy (non-hydrogen) atoms. The fourth-order valence-electron chi connectivity index (χ4n) is 4.34. The topological polar surface area (TPSA) is 85.2 Å². The number of carbonyl (C=O) groups excluding carboxylic acids is 2. The third kappa shape index (κ3) is 5.80. The van der Waals surface area contributed by atoms with Gasteiger partial charge in [0.05, 0.1) is 33.7 Å². The molecule has 7 nitrogen and oxygen atoms in total. The Morgan fingerprint density at radius 3 is 2.41 bits per heavy atom. The molecular weight excluding hydrogens is 578 g/mol. The number of rotatable bonds is 7. The molecule has 1 saturated carbocycles. The van der Waals surface area contributed by atoms with E-state index in [9.17, 15) is 35.9 Å². The summed E-state index contributed by atoms with van der Waals surface area (Å²) in [6, 6.07) is 14.3. The van der Waals surface area contributed by atoms with E-state index in [0.29, 0.717) is 22.2 Å². The van der Waals surface area contributed by atoms with Gasteiger partial charge in [-0.1, -0.05) is 29.8 Å². The fraction of sp³-hybridized carbons (Fsp3) is 0.222. The maximum absolute atomic E-state index is 13.2. The first-order chi connectivity index (χ1) is 19.3. The van der Waals surface area contributed by atoms with Crippen molar-refractivity contribution >= 4 is 40.0 Å². The van der Waals surface area contributed by atoms with Crippen LogP contribution in [0.15, 0.2) is 66.9 Å². The molecule has 0 aliphatic heterocycles. The van der Waals surface area contributed by atoms with Crippen molar-refractivity contribution < 1.29 is 40.7 Å². The van der Waals surface area contributed by atoms with Gasteiger partial charge in [-0.15, -0.1) is 13.2 Å². The minimum absolute atomic E-state index is 0.0109. The number of halogens is 7. The molecule has 1 fully saturated rings. The number of amides is 2. The SMILES string of the molecule is O=C(Nc1cccc2c1cnn2-c1cccc(OC(F)(F)F)c1)c1cc(CNC(=O)C2(C(F)(F)F)CC2)ccc1Cl. The van der Waals surface area contributed by atoms with Gasteiger partial charge < -0.3 is 15.4 Å². The molecule has 0 bridgehead atoms. The lowest BCUT2D eigenvalue weighted by Gasteiger charge is -2.18. The van der Waals surface area contributed by atoms with Gasteiger partial charge in [0, 0.05) is 18.0 Å². The number of nitrogens with zero attached hydrogens (tertiary/aromatic N) is 2. The first-order valence-electron chi connectivity index (χ1n) is 12.1. The molecule has 1 aliphatic carbocycles. The maximum Gasteiger partial charge on any atom is 0.573 e. The second-order valence-electron chi connectivity index (χ2n) is 9.37. The molecule has 1 aliphatic rings. The molecule has 5 rings (SSSR count). The molecule has 4 aromatic rings. The van der Waals surface area contributed by atoms with Crippen LogP contribution in [0.3, 0.4) is 0 Å². The van der Waals surface area contributed by atoms with Gasteiger partial charge in [0.1, 0.15) is 11.2 Å². The number of hydrogen-bond acceptors (Lipinski definition) is 4. The number of anilines is 1. The Morgan fingerprint density at radius 1 is 1.00 bits per heavy atom. The van der Waals surface area contributed by atoms with Gasteiger partial charge in [-0.3, -0.25) is 9.59 Å². The molecule has 0 spiro atoms. The molecule has 0 saturated heterocycles. The van der Waals surface area contributed by atoms with E-state index in [-0.39, 0.29) is 35.7 Å². The van der Waals surface area contributed by atoms with Crippen LogP contribution in [0.25, 0.3) is 16.6 Å².